The maximum absolute atomic E-state index is 10.0. The Kier molecular flexibility index (Phi) is 6.54. The number of aromatic nitrogens is 1. The monoisotopic (exact) mass is 446 g/mol. The van der Waals surface area contributed by atoms with Crippen molar-refractivity contribution in [2.45, 2.75) is 32.7 Å². The van der Waals surface area contributed by atoms with E-state index in [0.717, 1.165) is 28.3 Å². The van der Waals surface area contributed by atoms with E-state index in [1.165, 1.54) is 0 Å². The summed E-state index contributed by atoms with van der Waals surface area (Å²) in [6, 6.07) is 15.8. The highest BCUT2D eigenvalue weighted by atomic mass is 35.5. The van der Waals surface area contributed by atoms with Gasteiger partial charge in [0.25, 0.3) is 0 Å². The number of aliphatic hydroxyl groups excluding tert-OH is 1. The maximum Gasteiger partial charge on any atom is 0.231 e. The van der Waals surface area contributed by atoms with Crippen molar-refractivity contribution in [3.63, 3.8) is 0 Å². The van der Waals surface area contributed by atoms with E-state index in [4.69, 9.17) is 32.7 Å². The first-order chi connectivity index (χ1) is 14.5. The molecule has 0 bridgehead atoms. The molecule has 0 radical (unpaired) electrons. The highest BCUT2D eigenvalue weighted by Gasteiger charge is 2.17. The molecule has 1 atom stereocenters. The Morgan fingerprint density at radius 1 is 1.00 bits per heavy atom. The van der Waals surface area contributed by atoms with Crippen LogP contribution in [0.1, 0.15) is 23.7 Å². The second-order valence-electron chi connectivity index (χ2n) is 7.58. The van der Waals surface area contributed by atoms with Gasteiger partial charge in [-0.2, -0.15) is 0 Å². The first kappa shape index (κ1) is 21.1. The lowest BCUT2D eigenvalue weighted by Crippen LogP contribution is -2.31. The van der Waals surface area contributed by atoms with Crippen molar-refractivity contribution in [3.05, 3.63) is 81.6 Å². The summed E-state index contributed by atoms with van der Waals surface area (Å²) >= 11 is 12.2. The van der Waals surface area contributed by atoms with Crippen LogP contribution in [0.15, 0.2) is 54.7 Å². The molecule has 5 nitrogen and oxygen atoms in total. The molecule has 0 fully saturated rings. The van der Waals surface area contributed by atoms with E-state index >= 15 is 0 Å². The van der Waals surface area contributed by atoms with E-state index in [0.29, 0.717) is 36.2 Å². The zero-order valence-corrected chi connectivity index (χ0v) is 18.2. The largest absolute Gasteiger partial charge is 0.454 e. The summed E-state index contributed by atoms with van der Waals surface area (Å²) in [6.07, 6.45) is 1.62. The number of hydrogen-bond donors (Lipinski definition) is 1. The van der Waals surface area contributed by atoms with Gasteiger partial charge in [0.05, 0.1) is 16.1 Å². The molecule has 1 aliphatic rings. The molecule has 30 heavy (non-hydrogen) atoms. The fourth-order valence-corrected chi connectivity index (χ4v) is 3.99. The van der Waals surface area contributed by atoms with Crippen molar-refractivity contribution >= 4 is 23.2 Å². The molecule has 4 rings (SSSR count). The van der Waals surface area contributed by atoms with Gasteiger partial charge in [-0.3, -0.25) is 4.90 Å². The van der Waals surface area contributed by atoms with Gasteiger partial charge < -0.3 is 19.1 Å². The number of halogens is 2. The fraction of sp³-hybridized carbons (Fsp3) is 0.304. The SMILES string of the molecule is CC(O)CN(Cc1ccc2c(c1)OCO2)Cc1cccn1Cc1ccc(Cl)c(Cl)c1. The summed E-state index contributed by atoms with van der Waals surface area (Å²) in [5, 5.41) is 11.1. The van der Waals surface area contributed by atoms with E-state index in [1.807, 2.05) is 42.5 Å². The second kappa shape index (κ2) is 9.31. The molecule has 1 N–H and O–H groups in total. The van der Waals surface area contributed by atoms with Crippen LogP contribution in [0, 0.1) is 0 Å². The molecule has 7 heteroatoms. The van der Waals surface area contributed by atoms with Crippen LogP contribution in [0.3, 0.4) is 0 Å². The van der Waals surface area contributed by atoms with Gasteiger partial charge in [-0.15, -0.1) is 0 Å². The molecule has 158 valence electrons. The molecule has 0 amide bonds. The fourth-order valence-electron chi connectivity index (χ4n) is 3.67. The van der Waals surface area contributed by atoms with Crippen LogP contribution >= 0.6 is 23.2 Å². The number of fused-ring (bicyclic) bond motifs is 1. The molecule has 0 saturated carbocycles. The lowest BCUT2D eigenvalue weighted by molar-refractivity contribution is 0.116. The maximum atomic E-state index is 10.0. The zero-order chi connectivity index (χ0) is 21.1. The third-order valence-electron chi connectivity index (χ3n) is 5.01. The predicted octanol–water partition coefficient (Wildman–Crippen LogP) is 4.95. The molecule has 0 aliphatic carbocycles. The summed E-state index contributed by atoms with van der Waals surface area (Å²) in [5.41, 5.74) is 3.35. The molecule has 3 aromatic rings. The van der Waals surface area contributed by atoms with Crippen molar-refractivity contribution in [3.8, 4) is 11.5 Å². The number of benzene rings is 2. The van der Waals surface area contributed by atoms with Crippen molar-refractivity contribution < 1.29 is 14.6 Å². The van der Waals surface area contributed by atoms with E-state index in [9.17, 15) is 5.11 Å². The summed E-state index contributed by atoms with van der Waals surface area (Å²) in [7, 11) is 0. The standard InChI is InChI=1S/C23H24Cl2N2O3/c1-16(28)11-26(12-18-5-7-22-23(10-18)30-15-29-22)14-19-3-2-8-27(19)13-17-4-6-20(24)21(25)9-17/h2-10,16,28H,11-15H2,1H3. The van der Waals surface area contributed by atoms with Crippen LogP contribution < -0.4 is 9.47 Å². The summed E-state index contributed by atoms with van der Waals surface area (Å²) in [5.74, 6) is 1.55. The molecular formula is C23H24Cl2N2O3. The van der Waals surface area contributed by atoms with Crippen molar-refractivity contribution in [2.24, 2.45) is 0 Å². The Labute approximate surface area is 186 Å². The predicted molar refractivity (Wildman–Crippen MR) is 118 cm³/mol. The minimum Gasteiger partial charge on any atom is -0.454 e. The Morgan fingerprint density at radius 3 is 2.60 bits per heavy atom. The molecule has 1 aromatic heterocycles. The van der Waals surface area contributed by atoms with Gasteiger partial charge in [0.15, 0.2) is 11.5 Å². The summed E-state index contributed by atoms with van der Waals surface area (Å²) in [6.45, 7) is 4.73. The van der Waals surface area contributed by atoms with E-state index in [-0.39, 0.29) is 6.79 Å². The van der Waals surface area contributed by atoms with Crippen molar-refractivity contribution in [1.29, 1.82) is 0 Å². The number of aliphatic hydroxyl groups is 1. The van der Waals surface area contributed by atoms with Gasteiger partial charge in [-0.1, -0.05) is 35.3 Å². The van der Waals surface area contributed by atoms with Crippen molar-refractivity contribution in [1.82, 2.24) is 9.47 Å². The van der Waals surface area contributed by atoms with Gasteiger partial charge in [-0.25, -0.2) is 0 Å². The van der Waals surface area contributed by atoms with Gasteiger partial charge >= 0.3 is 0 Å². The average Bonchev–Trinajstić information content (AvgIpc) is 3.33. The molecule has 1 unspecified atom stereocenters. The minimum absolute atomic E-state index is 0.262. The number of nitrogens with zero attached hydrogens (tertiary/aromatic N) is 2. The van der Waals surface area contributed by atoms with Crippen LogP contribution in [0.2, 0.25) is 10.0 Å². The van der Waals surface area contributed by atoms with Crippen LogP contribution in [0.25, 0.3) is 0 Å². The van der Waals surface area contributed by atoms with Crippen LogP contribution in [-0.2, 0) is 19.6 Å². The first-order valence-corrected chi connectivity index (χ1v) is 10.6. The van der Waals surface area contributed by atoms with Gasteiger partial charge in [0.1, 0.15) is 0 Å². The normalized spacial score (nSPS) is 13.8. The van der Waals surface area contributed by atoms with Crippen molar-refractivity contribution in [2.75, 3.05) is 13.3 Å². The van der Waals surface area contributed by atoms with Crippen LogP contribution in [0.5, 0.6) is 11.5 Å². The van der Waals surface area contributed by atoms with E-state index in [1.54, 1.807) is 6.92 Å². The number of ether oxygens (including phenoxy) is 2. The highest BCUT2D eigenvalue weighted by Crippen LogP contribution is 2.33. The smallest absolute Gasteiger partial charge is 0.231 e. The number of rotatable bonds is 8. The average molecular weight is 447 g/mol. The Hall–Kier alpha value is -2.18. The number of hydrogen-bond acceptors (Lipinski definition) is 4. The van der Waals surface area contributed by atoms with Gasteiger partial charge in [-0.05, 0) is 54.4 Å². The first-order valence-electron chi connectivity index (χ1n) is 9.85. The van der Waals surface area contributed by atoms with E-state index in [2.05, 4.69) is 21.7 Å². The summed E-state index contributed by atoms with van der Waals surface area (Å²) in [4.78, 5) is 2.23. The lowest BCUT2D eigenvalue weighted by Gasteiger charge is -2.25. The molecular weight excluding hydrogens is 423 g/mol. The van der Waals surface area contributed by atoms with Gasteiger partial charge in [0, 0.05) is 38.1 Å². The Bertz CT molecular complexity index is 1020. The summed E-state index contributed by atoms with van der Waals surface area (Å²) < 4.78 is 13.1. The quantitative estimate of drug-likeness (QED) is 0.531. The Balaban J connectivity index is 1.49. The molecule has 2 aromatic carbocycles. The van der Waals surface area contributed by atoms with Gasteiger partial charge in [0.2, 0.25) is 6.79 Å². The zero-order valence-electron chi connectivity index (χ0n) is 16.7. The topological polar surface area (TPSA) is 46.9 Å². The molecule has 0 saturated heterocycles. The molecule has 2 heterocycles. The van der Waals surface area contributed by atoms with Crippen LogP contribution in [0.4, 0.5) is 0 Å². The van der Waals surface area contributed by atoms with E-state index < -0.39 is 6.10 Å². The lowest BCUT2D eigenvalue weighted by atomic mass is 10.1. The van der Waals surface area contributed by atoms with Crippen LogP contribution in [-0.4, -0.2) is 34.0 Å². The second-order valence-corrected chi connectivity index (χ2v) is 8.40. The highest BCUT2D eigenvalue weighted by molar-refractivity contribution is 6.42. The third-order valence-corrected chi connectivity index (χ3v) is 5.75. The third kappa shape index (κ3) is 5.10. The minimum atomic E-state index is -0.433. The molecule has 1 aliphatic heterocycles. The molecule has 0 spiro atoms. The Morgan fingerprint density at radius 2 is 1.80 bits per heavy atom.